The van der Waals surface area contributed by atoms with Crippen molar-refractivity contribution in [3.8, 4) is 11.6 Å². The molecule has 0 radical (unpaired) electrons. The molecule has 1 aliphatic rings. The predicted molar refractivity (Wildman–Crippen MR) is 116 cm³/mol. The van der Waals surface area contributed by atoms with E-state index in [0.717, 1.165) is 42.9 Å². The fraction of sp³-hybridized carbons (Fsp3) is 0.524. The lowest BCUT2D eigenvalue weighted by Gasteiger charge is -2.18. The maximum Gasteiger partial charge on any atom is 0.240 e. The number of nitrogens with one attached hydrogen (secondary N) is 1. The standard InChI is InChI=1S/C21H30N4O4S/c1-14-12-18(15(2)16(3)21(14)28-5)30(26,27)22-8-11-29-20-13-19(23-17(4)24-20)25-9-6-7-10-25/h12-13,22H,6-11H2,1-5H3. The van der Waals surface area contributed by atoms with Crippen molar-refractivity contribution < 1.29 is 17.9 Å². The number of nitrogens with zero attached hydrogens (tertiary/aromatic N) is 3. The van der Waals surface area contributed by atoms with Crippen molar-refractivity contribution in [2.75, 3.05) is 38.3 Å². The summed E-state index contributed by atoms with van der Waals surface area (Å²) in [6.45, 7) is 9.57. The number of aromatic nitrogens is 2. The Bertz CT molecular complexity index is 1020. The minimum Gasteiger partial charge on any atom is -0.496 e. The molecule has 0 aliphatic carbocycles. The smallest absolute Gasteiger partial charge is 0.240 e. The topological polar surface area (TPSA) is 93.7 Å². The third-order valence-electron chi connectivity index (χ3n) is 5.35. The van der Waals surface area contributed by atoms with Crippen LogP contribution in [0.15, 0.2) is 17.0 Å². The van der Waals surface area contributed by atoms with Crippen molar-refractivity contribution in [2.24, 2.45) is 0 Å². The van der Waals surface area contributed by atoms with Gasteiger partial charge in [-0.15, -0.1) is 0 Å². The van der Waals surface area contributed by atoms with E-state index in [1.807, 2.05) is 26.8 Å². The van der Waals surface area contributed by atoms with Gasteiger partial charge in [-0.2, -0.15) is 4.98 Å². The third-order valence-corrected chi connectivity index (χ3v) is 6.93. The number of sulfonamides is 1. The molecule has 2 aromatic rings. The average Bonchev–Trinajstić information content (AvgIpc) is 3.23. The van der Waals surface area contributed by atoms with Crippen molar-refractivity contribution in [2.45, 2.75) is 45.4 Å². The first-order chi connectivity index (χ1) is 14.2. The summed E-state index contributed by atoms with van der Waals surface area (Å²) in [5, 5.41) is 0. The maximum atomic E-state index is 12.8. The molecular weight excluding hydrogens is 404 g/mol. The van der Waals surface area contributed by atoms with E-state index < -0.39 is 10.0 Å². The Kier molecular flexibility index (Phi) is 6.82. The van der Waals surface area contributed by atoms with Gasteiger partial charge in [-0.3, -0.25) is 0 Å². The molecule has 164 valence electrons. The van der Waals surface area contributed by atoms with Gasteiger partial charge >= 0.3 is 0 Å². The lowest BCUT2D eigenvalue weighted by Crippen LogP contribution is -2.29. The van der Waals surface area contributed by atoms with Gasteiger partial charge in [-0.1, -0.05) is 0 Å². The lowest BCUT2D eigenvalue weighted by atomic mass is 10.1. The molecule has 0 spiro atoms. The molecule has 30 heavy (non-hydrogen) atoms. The van der Waals surface area contributed by atoms with E-state index in [0.29, 0.717) is 23.0 Å². The highest BCUT2D eigenvalue weighted by molar-refractivity contribution is 7.89. The summed E-state index contributed by atoms with van der Waals surface area (Å²) in [6.07, 6.45) is 2.31. The zero-order valence-corrected chi connectivity index (χ0v) is 19.1. The van der Waals surface area contributed by atoms with Gasteiger partial charge in [-0.25, -0.2) is 18.1 Å². The molecule has 0 amide bonds. The molecule has 1 fully saturated rings. The molecule has 0 unspecified atom stereocenters. The first kappa shape index (κ1) is 22.3. The van der Waals surface area contributed by atoms with Gasteiger partial charge in [0.2, 0.25) is 15.9 Å². The van der Waals surface area contributed by atoms with Crippen LogP contribution in [0.5, 0.6) is 11.6 Å². The summed E-state index contributed by atoms with van der Waals surface area (Å²) >= 11 is 0. The Labute approximate surface area is 178 Å². The average molecular weight is 435 g/mol. The molecule has 1 aliphatic heterocycles. The van der Waals surface area contributed by atoms with E-state index in [-0.39, 0.29) is 18.0 Å². The van der Waals surface area contributed by atoms with E-state index in [4.69, 9.17) is 9.47 Å². The van der Waals surface area contributed by atoms with Crippen LogP contribution in [-0.2, 0) is 10.0 Å². The van der Waals surface area contributed by atoms with Gasteiger partial charge in [0.05, 0.1) is 12.0 Å². The minimum atomic E-state index is -3.67. The Morgan fingerprint density at radius 1 is 1.07 bits per heavy atom. The Morgan fingerprint density at radius 2 is 1.77 bits per heavy atom. The number of ether oxygens (including phenoxy) is 2. The molecule has 1 aromatic heterocycles. The Hall–Kier alpha value is -2.39. The Balaban J connectivity index is 1.64. The van der Waals surface area contributed by atoms with Crippen LogP contribution >= 0.6 is 0 Å². The normalized spacial score (nSPS) is 14.2. The van der Waals surface area contributed by atoms with Gasteiger partial charge in [-0.05, 0) is 63.3 Å². The van der Waals surface area contributed by atoms with E-state index in [9.17, 15) is 8.42 Å². The largest absolute Gasteiger partial charge is 0.496 e. The van der Waals surface area contributed by atoms with Gasteiger partial charge in [0.15, 0.2) is 0 Å². The summed E-state index contributed by atoms with van der Waals surface area (Å²) in [5.41, 5.74) is 2.27. The van der Waals surface area contributed by atoms with Crippen LogP contribution in [0, 0.1) is 27.7 Å². The number of anilines is 1. The highest BCUT2D eigenvalue weighted by Gasteiger charge is 2.21. The molecule has 0 saturated carbocycles. The molecule has 1 N–H and O–H groups in total. The second-order valence-electron chi connectivity index (χ2n) is 7.53. The van der Waals surface area contributed by atoms with Crippen LogP contribution in [0.2, 0.25) is 0 Å². The number of hydrogen-bond acceptors (Lipinski definition) is 7. The summed E-state index contributed by atoms with van der Waals surface area (Å²) in [7, 11) is -2.09. The van der Waals surface area contributed by atoms with Crippen LogP contribution < -0.4 is 19.1 Å². The van der Waals surface area contributed by atoms with E-state index in [2.05, 4.69) is 19.6 Å². The minimum absolute atomic E-state index is 0.133. The summed E-state index contributed by atoms with van der Waals surface area (Å²) in [6, 6.07) is 3.45. The third kappa shape index (κ3) is 4.84. The second kappa shape index (κ2) is 9.18. The highest BCUT2D eigenvalue weighted by Crippen LogP contribution is 2.30. The van der Waals surface area contributed by atoms with Crippen molar-refractivity contribution in [3.63, 3.8) is 0 Å². The van der Waals surface area contributed by atoms with Gasteiger partial charge in [0, 0.05) is 25.7 Å². The van der Waals surface area contributed by atoms with Crippen molar-refractivity contribution >= 4 is 15.8 Å². The number of benzene rings is 1. The first-order valence-electron chi connectivity index (χ1n) is 10.1. The van der Waals surface area contributed by atoms with Gasteiger partial charge in [0.25, 0.3) is 0 Å². The van der Waals surface area contributed by atoms with Crippen LogP contribution in [0.25, 0.3) is 0 Å². The van der Waals surface area contributed by atoms with Crippen molar-refractivity contribution in [1.29, 1.82) is 0 Å². The summed E-state index contributed by atoms with van der Waals surface area (Å²) < 4.78 is 39.3. The number of aryl methyl sites for hydroxylation is 2. The van der Waals surface area contributed by atoms with Crippen LogP contribution in [-0.4, -0.2) is 51.7 Å². The number of hydrogen-bond donors (Lipinski definition) is 1. The van der Waals surface area contributed by atoms with Crippen LogP contribution in [0.4, 0.5) is 5.82 Å². The molecule has 0 bridgehead atoms. The highest BCUT2D eigenvalue weighted by atomic mass is 32.2. The van der Waals surface area contributed by atoms with E-state index >= 15 is 0 Å². The second-order valence-corrected chi connectivity index (χ2v) is 9.26. The summed E-state index contributed by atoms with van der Waals surface area (Å²) in [4.78, 5) is 11.2. The molecule has 8 nitrogen and oxygen atoms in total. The zero-order valence-electron chi connectivity index (χ0n) is 18.3. The zero-order chi connectivity index (χ0) is 21.9. The van der Waals surface area contributed by atoms with Crippen LogP contribution in [0.3, 0.4) is 0 Å². The fourth-order valence-electron chi connectivity index (χ4n) is 3.73. The van der Waals surface area contributed by atoms with Gasteiger partial charge in [0.1, 0.15) is 24.0 Å². The lowest BCUT2D eigenvalue weighted by molar-refractivity contribution is 0.309. The van der Waals surface area contributed by atoms with Crippen LogP contribution in [0.1, 0.15) is 35.4 Å². The SMILES string of the molecule is COc1c(C)cc(S(=O)(=O)NCCOc2cc(N3CCCC3)nc(C)n2)c(C)c1C. The monoisotopic (exact) mass is 434 g/mol. The van der Waals surface area contributed by atoms with Crippen molar-refractivity contribution in [1.82, 2.24) is 14.7 Å². The molecule has 2 heterocycles. The van der Waals surface area contributed by atoms with Gasteiger partial charge < -0.3 is 14.4 Å². The fourth-order valence-corrected chi connectivity index (χ4v) is 5.13. The van der Waals surface area contributed by atoms with E-state index in [1.165, 1.54) is 0 Å². The molecule has 1 aromatic carbocycles. The molecular formula is C21H30N4O4S. The maximum absolute atomic E-state index is 12.8. The number of methoxy groups -OCH3 is 1. The summed E-state index contributed by atoms with van der Waals surface area (Å²) in [5.74, 6) is 2.66. The molecule has 1 saturated heterocycles. The Morgan fingerprint density at radius 3 is 2.43 bits per heavy atom. The molecule has 0 atom stereocenters. The first-order valence-corrected chi connectivity index (χ1v) is 11.6. The molecule has 3 rings (SSSR count). The number of rotatable bonds is 8. The van der Waals surface area contributed by atoms with Crippen molar-refractivity contribution in [3.05, 3.63) is 34.6 Å². The quantitative estimate of drug-likeness (QED) is 0.639. The molecule has 9 heteroatoms. The predicted octanol–water partition coefficient (Wildman–Crippen LogP) is 2.68. The van der Waals surface area contributed by atoms with E-state index in [1.54, 1.807) is 20.1 Å².